The minimum atomic E-state index is -1.34. The van der Waals surface area contributed by atoms with Crippen molar-refractivity contribution in [2.75, 3.05) is 33.0 Å². The number of ether oxygens (including phenoxy) is 6. The van der Waals surface area contributed by atoms with Crippen molar-refractivity contribution in [2.24, 2.45) is 5.41 Å². The molecule has 0 saturated carbocycles. The Bertz CT molecular complexity index is 814. The molecule has 0 aliphatic heterocycles. The second kappa shape index (κ2) is 20.5. The third kappa shape index (κ3) is 17.7. The molecular formula is C26H32O12. The van der Waals surface area contributed by atoms with Crippen LogP contribution in [0.5, 0.6) is 0 Å². The summed E-state index contributed by atoms with van der Waals surface area (Å²) in [4.78, 5) is 66.5. The first-order chi connectivity index (χ1) is 17.9. The van der Waals surface area contributed by atoms with Crippen LogP contribution < -0.4 is 0 Å². The van der Waals surface area contributed by atoms with E-state index in [9.17, 15) is 28.8 Å². The maximum atomic E-state index is 11.3. The molecule has 0 fully saturated rings. The molecule has 0 rings (SSSR count). The van der Waals surface area contributed by atoms with Crippen molar-refractivity contribution in [2.45, 2.75) is 13.0 Å². The average Bonchev–Trinajstić information content (AvgIpc) is 2.94. The molecule has 0 amide bonds. The van der Waals surface area contributed by atoms with Gasteiger partial charge in [-0.2, -0.15) is 0 Å². The van der Waals surface area contributed by atoms with Gasteiger partial charge in [0.25, 0.3) is 0 Å². The fourth-order valence-electron chi connectivity index (χ4n) is 1.92. The highest BCUT2D eigenvalue weighted by molar-refractivity contribution is 5.83. The summed E-state index contributed by atoms with van der Waals surface area (Å²) < 4.78 is 29.1. The third-order valence-corrected chi connectivity index (χ3v) is 3.86. The predicted molar refractivity (Wildman–Crippen MR) is 134 cm³/mol. The van der Waals surface area contributed by atoms with Crippen LogP contribution in [0, 0.1) is 5.41 Å². The maximum absolute atomic E-state index is 11.3. The van der Waals surface area contributed by atoms with Crippen LogP contribution in [0.25, 0.3) is 0 Å². The highest BCUT2D eigenvalue weighted by Crippen LogP contribution is 2.21. The van der Waals surface area contributed by atoms with E-state index < -0.39 is 47.3 Å². The lowest BCUT2D eigenvalue weighted by molar-refractivity contribution is -0.164. The Morgan fingerprint density at radius 2 is 0.789 bits per heavy atom. The van der Waals surface area contributed by atoms with E-state index in [1.807, 2.05) is 0 Å². The molecule has 0 bridgehead atoms. The van der Waals surface area contributed by atoms with Gasteiger partial charge >= 0.3 is 35.8 Å². The van der Waals surface area contributed by atoms with Gasteiger partial charge in [-0.25, -0.2) is 28.8 Å². The summed E-state index contributed by atoms with van der Waals surface area (Å²) in [5.41, 5.74) is -1.34. The summed E-state index contributed by atoms with van der Waals surface area (Å²) >= 11 is 0. The quantitative estimate of drug-likeness (QED) is 0.151. The predicted octanol–water partition coefficient (Wildman–Crippen LogP) is 1.72. The molecule has 0 heterocycles. The molecule has 0 saturated heterocycles. The Morgan fingerprint density at radius 1 is 0.526 bits per heavy atom. The minimum Gasteiger partial charge on any atom is -0.462 e. The van der Waals surface area contributed by atoms with E-state index in [1.54, 1.807) is 6.92 Å². The van der Waals surface area contributed by atoms with E-state index in [0.29, 0.717) is 0 Å². The van der Waals surface area contributed by atoms with E-state index in [-0.39, 0.29) is 33.0 Å². The van der Waals surface area contributed by atoms with Gasteiger partial charge in [0.15, 0.2) is 0 Å². The van der Waals surface area contributed by atoms with Crippen molar-refractivity contribution in [1.82, 2.24) is 0 Å². The monoisotopic (exact) mass is 536 g/mol. The largest absolute Gasteiger partial charge is 0.462 e. The van der Waals surface area contributed by atoms with Crippen LogP contribution in [0.4, 0.5) is 0 Å². The highest BCUT2D eigenvalue weighted by atomic mass is 16.6. The van der Waals surface area contributed by atoms with E-state index in [2.05, 4.69) is 44.2 Å². The van der Waals surface area contributed by atoms with Crippen molar-refractivity contribution in [3.8, 4) is 0 Å². The number of esters is 6. The minimum absolute atomic E-state index is 0.0183. The summed E-state index contributed by atoms with van der Waals surface area (Å²) in [5, 5.41) is 0. The van der Waals surface area contributed by atoms with Crippen LogP contribution in [0.2, 0.25) is 0 Å². The second-order valence-electron chi connectivity index (χ2n) is 7.03. The Morgan fingerprint density at radius 3 is 1.05 bits per heavy atom. The molecule has 0 N–H and O–H groups in total. The smallest absolute Gasteiger partial charge is 0.330 e. The molecule has 12 nitrogen and oxygen atoms in total. The first-order valence-electron chi connectivity index (χ1n) is 10.7. The normalized spacial score (nSPS) is 10.3. The number of carbonyl (C=O) groups excluding carboxylic acids is 6. The van der Waals surface area contributed by atoms with E-state index in [1.165, 1.54) is 0 Å². The van der Waals surface area contributed by atoms with Crippen molar-refractivity contribution in [3.05, 3.63) is 75.9 Å². The van der Waals surface area contributed by atoms with E-state index >= 15 is 0 Å². The Kier molecular flexibility index (Phi) is 19.1. The average molecular weight is 537 g/mol. The third-order valence-electron chi connectivity index (χ3n) is 3.86. The standard InChI is InChI=1S/C17H20O8.C9H12O4/c1-5-13(18)22-9-17(10-23-14(19)6-2,11-24-15(20)7-3)12-25-16(21)8-4;1-4-8(10)12-6-7(3)13-9(11)5-2/h5-8H,1-4,9-12H2;4-5,7H,1-2,6H2,3H3. The molecule has 0 aromatic heterocycles. The zero-order valence-electron chi connectivity index (χ0n) is 21.2. The van der Waals surface area contributed by atoms with E-state index in [0.717, 1.165) is 36.5 Å². The molecule has 1 atom stereocenters. The summed E-state index contributed by atoms with van der Waals surface area (Å²) in [5.74, 6) is -4.12. The lowest BCUT2D eigenvalue weighted by Crippen LogP contribution is -2.43. The first-order valence-corrected chi connectivity index (χ1v) is 10.7. The van der Waals surface area contributed by atoms with Gasteiger partial charge in [-0.15, -0.1) is 0 Å². The molecule has 12 heteroatoms. The fraction of sp³-hybridized carbons (Fsp3) is 0.308. The maximum Gasteiger partial charge on any atom is 0.330 e. The molecule has 0 radical (unpaired) electrons. The Labute approximate surface area is 220 Å². The number of rotatable bonds is 17. The fourth-order valence-corrected chi connectivity index (χ4v) is 1.92. The van der Waals surface area contributed by atoms with Crippen LogP contribution in [-0.4, -0.2) is 75.0 Å². The number of hydrogen-bond donors (Lipinski definition) is 0. The number of hydrogen-bond acceptors (Lipinski definition) is 12. The molecule has 0 aliphatic carbocycles. The van der Waals surface area contributed by atoms with Crippen LogP contribution in [0.15, 0.2) is 75.9 Å². The Balaban J connectivity index is 0. The molecule has 38 heavy (non-hydrogen) atoms. The lowest BCUT2D eigenvalue weighted by atomic mass is 9.92. The first kappa shape index (κ1) is 35.4. The van der Waals surface area contributed by atoms with Gasteiger partial charge in [-0.1, -0.05) is 39.5 Å². The van der Waals surface area contributed by atoms with Crippen molar-refractivity contribution >= 4 is 35.8 Å². The lowest BCUT2D eigenvalue weighted by Gasteiger charge is -2.31. The SMILES string of the molecule is C=CC(=O)OCC(C)OC(=O)C=C.C=CC(=O)OCC(COC(=O)C=C)(COC(=O)C=C)COC(=O)C=C. The summed E-state index contributed by atoms with van der Waals surface area (Å²) in [6.45, 7) is 19.6. The van der Waals surface area contributed by atoms with Gasteiger partial charge in [-0.05, 0) is 6.92 Å². The molecule has 1 unspecified atom stereocenters. The second-order valence-corrected chi connectivity index (χ2v) is 7.03. The summed E-state index contributed by atoms with van der Waals surface area (Å²) in [7, 11) is 0. The van der Waals surface area contributed by atoms with Crippen LogP contribution in [-0.2, 0) is 57.2 Å². The van der Waals surface area contributed by atoms with Gasteiger partial charge in [0.2, 0.25) is 0 Å². The molecule has 0 aliphatic rings. The number of carbonyl (C=O) groups is 6. The highest BCUT2D eigenvalue weighted by Gasteiger charge is 2.37. The van der Waals surface area contributed by atoms with E-state index in [4.69, 9.17) is 23.7 Å². The van der Waals surface area contributed by atoms with Gasteiger partial charge in [-0.3, -0.25) is 0 Å². The van der Waals surface area contributed by atoms with Crippen molar-refractivity contribution in [1.29, 1.82) is 0 Å². The summed E-state index contributed by atoms with van der Waals surface area (Å²) in [6.07, 6.45) is 5.30. The molecule has 0 aromatic rings. The van der Waals surface area contributed by atoms with Gasteiger partial charge in [0.1, 0.15) is 44.6 Å². The van der Waals surface area contributed by atoms with Crippen LogP contribution in [0.1, 0.15) is 6.92 Å². The van der Waals surface area contributed by atoms with Crippen LogP contribution in [0.3, 0.4) is 0 Å². The Hall–Kier alpha value is -4.74. The molecule has 0 aromatic carbocycles. The van der Waals surface area contributed by atoms with Gasteiger partial charge in [0.05, 0.1) is 0 Å². The molecule has 0 spiro atoms. The van der Waals surface area contributed by atoms with Gasteiger partial charge in [0, 0.05) is 36.5 Å². The van der Waals surface area contributed by atoms with Crippen molar-refractivity contribution in [3.63, 3.8) is 0 Å². The summed E-state index contributed by atoms with van der Waals surface area (Å²) in [6, 6.07) is 0. The zero-order valence-corrected chi connectivity index (χ0v) is 21.2. The molecular weight excluding hydrogens is 504 g/mol. The van der Waals surface area contributed by atoms with Crippen LogP contribution >= 0.6 is 0 Å². The van der Waals surface area contributed by atoms with Crippen molar-refractivity contribution < 1.29 is 57.2 Å². The van der Waals surface area contributed by atoms with Gasteiger partial charge < -0.3 is 28.4 Å². The topological polar surface area (TPSA) is 158 Å². The molecule has 208 valence electrons. The zero-order chi connectivity index (χ0) is 29.6.